The van der Waals surface area contributed by atoms with Gasteiger partial charge in [-0.15, -0.1) is 0 Å². The summed E-state index contributed by atoms with van der Waals surface area (Å²) in [5, 5.41) is 0.742. The van der Waals surface area contributed by atoms with E-state index >= 15 is 0 Å². The third-order valence-electron chi connectivity index (χ3n) is 2.85. The Morgan fingerprint density at radius 1 is 1.42 bits per heavy atom. The van der Waals surface area contributed by atoms with Gasteiger partial charge in [0, 0.05) is 17.8 Å². The third kappa shape index (κ3) is 5.88. The Kier molecular flexibility index (Phi) is 6.41. The number of hydrogen-bond acceptors (Lipinski definition) is 3. The molecule has 0 N–H and O–H groups in total. The summed E-state index contributed by atoms with van der Waals surface area (Å²) in [4.78, 5) is 0. The minimum Gasteiger partial charge on any atom is -0.322 e. The predicted molar refractivity (Wildman–Crippen MR) is 87.6 cm³/mol. The summed E-state index contributed by atoms with van der Waals surface area (Å²) in [6.07, 6.45) is 0. The minimum absolute atomic E-state index is 0.493. The first-order valence-electron chi connectivity index (χ1n) is 6.22. The molecule has 0 bridgehead atoms. The highest BCUT2D eigenvalue weighted by Gasteiger charge is 2.22. The Hall–Kier alpha value is 0.01000. The van der Waals surface area contributed by atoms with E-state index in [1.807, 2.05) is 25.1 Å². The zero-order valence-corrected chi connectivity index (χ0v) is 14.4. The molecule has 0 aliphatic heterocycles. The predicted octanol–water partition coefficient (Wildman–Crippen LogP) is 4.50. The third-order valence-corrected chi connectivity index (χ3v) is 6.91. The second kappa shape index (κ2) is 7.14. The zero-order valence-electron chi connectivity index (χ0n) is 11.9. The molecule has 0 aromatic heterocycles. The number of nitrogens with zero attached hydrogens (tertiary/aromatic N) is 1. The Morgan fingerprint density at radius 3 is 2.68 bits per heavy atom. The smallest absolute Gasteiger partial charge is 0.254 e. The van der Waals surface area contributed by atoms with E-state index in [1.54, 1.807) is 6.66 Å². The highest BCUT2D eigenvalue weighted by atomic mass is 35.5. The van der Waals surface area contributed by atoms with Gasteiger partial charge in [-0.3, -0.25) is 9.05 Å². The Labute approximate surface area is 125 Å². The van der Waals surface area contributed by atoms with Crippen molar-refractivity contribution in [3.63, 3.8) is 0 Å². The molecule has 1 aromatic carbocycles. The molecule has 0 aliphatic carbocycles. The van der Waals surface area contributed by atoms with Crippen molar-refractivity contribution in [2.24, 2.45) is 0 Å². The first-order valence-corrected chi connectivity index (χ1v) is 10.3. The second-order valence-electron chi connectivity index (χ2n) is 4.91. The molecule has 0 saturated carbocycles. The lowest BCUT2D eigenvalue weighted by molar-refractivity contribution is 0.349. The quantitative estimate of drug-likeness (QED) is 0.546. The second-order valence-corrected chi connectivity index (χ2v) is 10.6. The molecule has 6 heteroatoms. The molecule has 0 spiro atoms. The minimum atomic E-state index is -2.50. The van der Waals surface area contributed by atoms with Gasteiger partial charge >= 0.3 is 0 Å². The van der Waals surface area contributed by atoms with Gasteiger partial charge in [0.1, 0.15) is 5.69 Å². The fourth-order valence-corrected chi connectivity index (χ4v) is 5.07. The van der Waals surface area contributed by atoms with Crippen LogP contribution in [0.3, 0.4) is 0 Å². The Morgan fingerprint density at radius 2 is 2.11 bits per heavy atom. The maximum absolute atomic E-state index is 12.0. The lowest BCUT2D eigenvalue weighted by Gasteiger charge is -2.29. The van der Waals surface area contributed by atoms with Crippen molar-refractivity contribution in [1.82, 2.24) is 4.48 Å². The number of rotatable bonds is 7. The summed E-state index contributed by atoms with van der Waals surface area (Å²) < 4.78 is 18.0. The SMILES string of the molecule is CCOP(C)(=O)SCC[N+](C)(C)c1cccc(Cl)c1. The van der Waals surface area contributed by atoms with Crippen molar-refractivity contribution < 1.29 is 9.09 Å². The molecular weight excluding hydrogens is 301 g/mol. The van der Waals surface area contributed by atoms with Gasteiger partial charge in [-0.05, 0) is 19.1 Å². The van der Waals surface area contributed by atoms with Crippen LogP contribution in [0.4, 0.5) is 5.69 Å². The molecular formula is C13H22ClNO2PS+. The monoisotopic (exact) mass is 322 g/mol. The van der Waals surface area contributed by atoms with Gasteiger partial charge in [-0.2, -0.15) is 0 Å². The van der Waals surface area contributed by atoms with E-state index in [-0.39, 0.29) is 0 Å². The van der Waals surface area contributed by atoms with E-state index in [2.05, 4.69) is 20.2 Å². The number of halogens is 1. The molecule has 108 valence electrons. The highest BCUT2D eigenvalue weighted by molar-refractivity contribution is 8.56. The summed E-state index contributed by atoms with van der Waals surface area (Å²) in [6, 6.07) is 7.86. The maximum Gasteiger partial charge on any atom is 0.254 e. The van der Waals surface area contributed by atoms with Crippen LogP contribution in [0.25, 0.3) is 0 Å². The molecule has 0 heterocycles. The van der Waals surface area contributed by atoms with E-state index in [0.29, 0.717) is 11.1 Å². The van der Waals surface area contributed by atoms with E-state index in [9.17, 15) is 4.57 Å². The van der Waals surface area contributed by atoms with Crippen LogP contribution in [0.1, 0.15) is 6.92 Å². The molecule has 0 amide bonds. The summed E-state index contributed by atoms with van der Waals surface area (Å²) >= 11 is 7.43. The van der Waals surface area contributed by atoms with Crippen molar-refractivity contribution in [3.05, 3.63) is 29.3 Å². The van der Waals surface area contributed by atoms with Crippen LogP contribution in [0, 0.1) is 0 Å². The van der Waals surface area contributed by atoms with Gasteiger partial charge in [-0.1, -0.05) is 29.0 Å². The fraction of sp³-hybridized carbons (Fsp3) is 0.538. The fourth-order valence-electron chi connectivity index (χ4n) is 1.69. The van der Waals surface area contributed by atoms with Crippen LogP contribution >= 0.6 is 29.6 Å². The van der Waals surface area contributed by atoms with Crippen molar-refractivity contribution in [3.8, 4) is 0 Å². The van der Waals surface area contributed by atoms with Gasteiger partial charge in [-0.25, -0.2) is 0 Å². The number of quaternary nitrogens is 1. The zero-order chi connectivity index (χ0) is 14.5. The number of benzene rings is 1. The summed E-state index contributed by atoms with van der Waals surface area (Å²) in [5.41, 5.74) is 1.15. The molecule has 0 radical (unpaired) electrons. The van der Waals surface area contributed by atoms with Crippen LogP contribution in [0.2, 0.25) is 5.02 Å². The maximum atomic E-state index is 12.0. The van der Waals surface area contributed by atoms with Gasteiger partial charge in [0.25, 0.3) is 6.57 Å². The molecule has 1 unspecified atom stereocenters. The van der Waals surface area contributed by atoms with E-state index in [1.165, 1.54) is 11.4 Å². The Bertz CT molecular complexity index is 468. The average Bonchev–Trinajstić information content (AvgIpc) is 2.28. The van der Waals surface area contributed by atoms with Crippen molar-refractivity contribution in [2.75, 3.05) is 39.7 Å². The highest BCUT2D eigenvalue weighted by Crippen LogP contribution is 2.55. The topological polar surface area (TPSA) is 26.3 Å². The van der Waals surface area contributed by atoms with Crippen LogP contribution in [0.5, 0.6) is 0 Å². The molecule has 1 rings (SSSR count). The van der Waals surface area contributed by atoms with Gasteiger partial charge < -0.3 is 4.52 Å². The van der Waals surface area contributed by atoms with E-state index < -0.39 is 6.57 Å². The van der Waals surface area contributed by atoms with Crippen LogP contribution in [0.15, 0.2) is 24.3 Å². The van der Waals surface area contributed by atoms with Crippen LogP contribution in [-0.2, 0) is 9.09 Å². The van der Waals surface area contributed by atoms with Crippen LogP contribution in [-0.4, -0.2) is 39.7 Å². The lowest BCUT2D eigenvalue weighted by atomic mass is 10.2. The molecule has 0 fully saturated rings. The normalized spacial score (nSPS) is 15.2. The van der Waals surface area contributed by atoms with Crippen LogP contribution < -0.4 is 4.48 Å². The summed E-state index contributed by atoms with van der Waals surface area (Å²) in [7, 11) is 4.24. The summed E-state index contributed by atoms with van der Waals surface area (Å²) in [5.74, 6) is 0.785. The molecule has 0 aliphatic rings. The Balaban J connectivity index is 2.59. The summed E-state index contributed by atoms with van der Waals surface area (Å²) in [6.45, 7) is 2.41. The van der Waals surface area contributed by atoms with Crippen molar-refractivity contribution in [1.29, 1.82) is 0 Å². The lowest BCUT2D eigenvalue weighted by Crippen LogP contribution is -2.42. The van der Waals surface area contributed by atoms with E-state index in [0.717, 1.165) is 23.0 Å². The average molecular weight is 323 g/mol. The van der Waals surface area contributed by atoms with Gasteiger partial charge in [0.2, 0.25) is 0 Å². The molecule has 19 heavy (non-hydrogen) atoms. The standard InChI is InChI=1S/C13H22ClNO2PS/c1-5-17-18(4,16)19-10-9-15(2,3)13-8-6-7-12(14)11-13/h6-8,11H,5,9-10H2,1-4H3/q+1. The van der Waals surface area contributed by atoms with Crippen molar-refractivity contribution in [2.45, 2.75) is 6.92 Å². The van der Waals surface area contributed by atoms with Gasteiger partial charge in [0.15, 0.2) is 0 Å². The van der Waals surface area contributed by atoms with Crippen molar-refractivity contribution >= 4 is 35.2 Å². The van der Waals surface area contributed by atoms with E-state index in [4.69, 9.17) is 16.1 Å². The molecule has 0 saturated heterocycles. The first kappa shape index (κ1) is 17.1. The molecule has 1 aromatic rings. The number of hydrogen-bond donors (Lipinski definition) is 0. The first-order chi connectivity index (χ1) is 8.77. The largest absolute Gasteiger partial charge is 0.322 e. The molecule has 1 atom stereocenters. The van der Waals surface area contributed by atoms with Gasteiger partial charge in [0.05, 0.1) is 33.0 Å². The molecule has 3 nitrogen and oxygen atoms in total.